The normalized spacial score (nSPS) is 16.2. The highest BCUT2D eigenvalue weighted by atomic mass is 16.5. The van der Waals surface area contributed by atoms with E-state index in [4.69, 9.17) is 11.8 Å². The van der Waals surface area contributed by atoms with Crippen LogP contribution in [0, 0.1) is 11.3 Å². The first kappa shape index (κ1) is 17.4. The zero-order valence-corrected chi connectivity index (χ0v) is 14.4. The second-order valence-electron chi connectivity index (χ2n) is 6.77. The van der Waals surface area contributed by atoms with E-state index >= 15 is 0 Å². The van der Waals surface area contributed by atoms with Crippen LogP contribution in [0.15, 0.2) is 42.7 Å². The Morgan fingerprint density at radius 1 is 1.32 bits per heavy atom. The van der Waals surface area contributed by atoms with Crippen LogP contribution in [0.4, 0.5) is 0 Å². The van der Waals surface area contributed by atoms with Crippen molar-refractivity contribution in [3.8, 4) is 22.9 Å². The van der Waals surface area contributed by atoms with Gasteiger partial charge in [-0.1, -0.05) is 6.07 Å². The Balaban J connectivity index is 2.17. The fraction of sp³-hybridized carbons (Fsp3) is 0.368. The van der Waals surface area contributed by atoms with Crippen LogP contribution in [0.1, 0.15) is 27.2 Å². The molecule has 132 valence electrons. The summed E-state index contributed by atoms with van der Waals surface area (Å²) >= 11 is 0. The molecule has 1 unspecified atom stereocenters. The average molecular weight is 342 g/mol. The molecule has 25 heavy (non-hydrogen) atoms. The summed E-state index contributed by atoms with van der Waals surface area (Å²) in [5.41, 5.74) is 5.87. The minimum absolute atomic E-state index is 0.0727. The fourth-order valence-electron chi connectivity index (χ4n) is 2.64. The van der Waals surface area contributed by atoms with Gasteiger partial charge < -0.3 is 20.7 Å². The summed E-state index contributed by atoms with van der Waals surface area (Å²) in [6, 6.07) is 10.6. The van der Waals surface area contributed by atoms with E-state index in [0.29, 0.717) is 11.3 Å². The zero-order valence-electron chi connectivity index (χ0n) is 15.4. The van der Waals surface area contributed by atoms with Gasteiger partial charge in [-0.25, -0.2) is 0 Å². The standard InChI is InChI=1S/C19H23N3O3/c1-18(21,11-19(2,24)12-23)13-25-17-4-3-15(9-16(17)10-20)14-5-7-22-8-6-14/h3-9,23-24H,11-13,21H2,1-2H3/t18-,19?/m0/s1/i7D. The number of pyridine rings is 1. The van der Waals surface area contributed by atoms with Crippen molar-refractivity contribution in [2.75, 3.05) is 13.2 Å². The van der Waals surface area contributed by atoms with Crippen LogP contribution >= 0.6 is 0 Å². The smallest absolute Gasteiger partial charge is 0.137 e. The maximum Gasteiger partial charge on any atom is 0.137 e. The summed E-state index contributed by atoms with van der Waals surface area (Å²) in [6.45, 7) is 2.89. The summed E-state index contributed by atoms with van der Waals surface area (Å²) in [5.74, 6) is 0.386. The van der Waals surface area contributed by atoms with E-state index < -0.39 is 17.7 Å². The molecule has 4 N–H and O–H groups in total. The highest BCUT2D eigenvalue weighted by Crippen LogP contribution is 2.27. The van der Waals surface area contributed by atoms with E-state index in [0.717, 1.165) is 11.1 Å². The number of nitrogens with two attached hydrogens (primary N) is 1. The third-order valence-electron chi connectivity index (χ3n) is 3.74. The molecule has 0 amide bonds. The van der Waals surface area contributed by atoms with Crippen LogP contribution in [0.3, 0.4) is 0 Å². The predicted molar refractivity (Wildman–Crippen MR) is 94.8 cm³/mol. The van der Waals surface area contributed by atoms with Gasteiger partial charge in [0.2, 0.25) is 0 Å². The highest BCUT2D eigenvalue weighted by Gasteiger charge is 2.31. The van der Waals surface area contributed by atoms with Gasteiger partial charge in [-0.15, -0.1) is 0 Å². The molecule has 1 aromatic carbocycles. The number of hydrogen-bond donors (Lipinski definition) is 3. The van der Waals surface area contributed by atoms with Gasteiger partial charge in [0.05, 0.1) is 19.1 Å². The Labute approximate surface area is 148 Å². The lowest BCUT2D eigenvalue weighted by molar-refractivity contribution is -0.0253. The lowest BCUT2D eigenvalue weighted by Crippen LogP contribution is -2.50. The van der Waals surface area contributed by atoms with Gasteiger partial charge in [-0.05, 0) is 55.7 Å². The third kappa shape index (κ3) is 5.26. The molecule has 2 rings (SSSR count). The monoisotopic (exact) mass is 342 g/mol. The molecule has 2 aromatic rings. The minimum Gasteiger partial charge on any atom is -0.490 e. The summed E-state index contributed by atoms with van der Waals surface area (Å²) in [6.07, 6.45) is 1.83. The van der Waals surface area contributed by atoms with E-state index in [2.05, 4.69) is 11.1 Å². The lowest BCUT2D eigenvalue weighted by Gasteiger charge is -2.32. The molecule has 0 aliphatic heterocycles. The van der Waals surface area contributed by atoms with Crippen LogP contribution in [0.5, 0.6) is 5.75 Å². The number of aliphatic hydroxyl groups excluding tert-OH is 1. The topological polar surface area (TPSA) is 112 Å². The van der Waals surface area contributed by atoms with Gasteiger partial charge in [-0.2, -0.15) is 5.26 Å². The Kier molecular flexibility index (Phi) is 5.29. The van der Waals surface area contributed by atoms with Crippen LogP contribution in [0.25, 0.3) is 11.1 Å². The highest BCUT2D eigenvalue weighted by molar-refractivity contribution is 5.66. The van der Waals surface area contributed by atoms with Crippen molar-refractivity contribution in [1.29, 1.82) is 5.26 Å². The molecule has 0 fully saturated rings. The number of ether oxygens (including phenoxy) is 1. The first-order chi connectivity index (χ1) is 12.2. The third-order valence-corrected chi connectivity index (χ3v) is 3.74. The largest absolute Gasteiger partial charge is 0.490 e. The van der Waals surface area contributed by atoms with E-state index in [1.165, 1.54) is 6.92 Å². The van der Waals surface area contributed by atoms with Gasteiger partial charge >= 0.3 is 0 Å². The molecule has 0 spiro atoms. The Morgan fingerprint density at radius 3 is 2.72 bits per heavy atom. The van der Waals surface area contributed by atoms with Crippen LogP contribution in [0.2, 0.25) is 0 Å². The number of rotatable bonds is 7. The molecule has 0 aliphatic carbocycles. The fourth-order valence-corrected chi connectivity index (χ4v) is 2.64. The Morgan fingerprint density at radius 2 is 2.08 bits per heavy atom. The molecule has 2 atom stereocenters. The summed E-state index contributed by atoms with van der Waals surface area (Å²) in [7, 11) is 0. The van der Waals surface area contributed by atoms with Crippen LogP contribution in [-0.2, 0) is 0 Å². The molecule has 0 saturated carbocycles. The summed E-state index contributed by atoms with van der Waals surface area (Å²) < 4.78 is 13.3. The van der Waals surface area contributed by atoms with Gasteiger partial charge in [0.15, 0.2) is 0 Å². The molecular formula is C19H23N3O3. The number of aliphatic hydroxyl groups is 2. The molecule has 1 heterocycles. The van der Waals surface area contributed by atoms with Crippen molar-refractivity contribution in [1.82, 2.24) is 4.98 Å². The molecule has 0 bridgehead atoms. The van der Waals surface area contributed by atoms with Gasteiger partial charge in [0.25, 0.3) is 0 Å². The van der Waals surface area contributed by atoms with E-state index in [1.807, 2.05) is 0 Å². The molecular weight excluding hydrogens is 318 g/mol. The predicted octanol–water partition coefficient (Wildman–Crippen LogP) is 1.85. The van der Waals surface area contributed by atoms with Crippen molar-refractivity contribution in [2.24, 2.45) is 5.73 Å². The molecule has 1 aromatic heterocycles. The van der Waals surface area contributed by atoms with E-state index in [-0.39, 0.29) is 19.2 Å². The van der Waals surface area contributed by atoms with Gasteiger partial charge in [0.1, 0.15) is 18.4 Å². The second kappa shape index (κ2) is 7.62. The second-order valence-corrected chi connectivity index (χ2v) is 6.77. The molecule has 0 saturated heterocycles. The van der Waals surface area contributed by atoms with Gasteiger partial charge in [-0.3, -0.25) is 4.98 Å². The maximum atomic E-state index is 9.98. The van der Waals surface area contributed by atoms with Crippen molar-refractivity contribution < 1.29 is 16.3 Å². The lowest BCUT2D eigenvalue weighted by atomic mass is 9.88. The Hall–Kier alpha value is -2.46. The first-order valence-electron chi connectivity index (χ1n) is 8.38. The number of aromatic nitrogens is 1. The SMILES string of the molecule is [2H]c1cc(-c2ccc(OC[C@@](C)(N)CC(C)(O)CO)c(C#N)c2)ccn1. The molecule has 6 heteroatoms. The molecule has 0 radical (unpaired) electrons. The van der Waals surface area contributed by atoms with Crippen molar-refractivity contribution in [3.05, 3.63) is 48.3 Å². The van der Waals surface area contributed by atoms with Crippen LogP contribution < -0.4 is 10.5 Å². The summed E-state index contributed by atoms with van der Waals surface area (Å²) in [4.78, 5) is 3.84. The number of nitriles is 1. The number of benzene rings is 1. The van der Waals surface area contributed by atoms with E-state index in [1.54, 1.807) is 43.5 Å². The van der Waals surface area contributed by atoms with Crippen molar-refractivity contribution in [3.63, 3.8) is 0 Å². The van der Waals surface area contributed by atoms with Crippen molar-refractivity contribution in [2.45, 2.75) is 31.4 Å². The van der Waals surface area contributed by atoms with Crippen LogP contribution in [-0.4, -0.2) is 39.6 Å². The Bertz CT molecular complexity index is 816. The van der Waals surface area contributed by atoms with E-state index in [9.17, 15) is 15.5 Å². The minimum atomic E-state index is -1.30. The first-order valence-corrected chi connectivity index (χ1v) is 7.88. The summed E-state index contributed by atoms with van der Waals surface area (Å²) in [5, 5.41) is 28.6. The quantitative estimate of drug-likeness (QED) is 0.708. The number of nitrogens with zero attached hydrogens (tertiary/aromatic N) is 2. The zero-order chi connectivity index (χ0) is 19.4. The molecule has 0 aliphatic rings. The maximum absolute atomic E-state index is 9.98. The van der Waals surface area contributed by atoms with Gasteiger partial charge in [0, 0.05) is 17.9 Å². The molecule has 6 nitrogen and oxygen atoms in total. The average Bonchev–Trinajstić information content (AvgIpc) is 2.59. The van der Waals surface area contributed by atoms with Crippen molar-refractivity contribution >= 4 is 0 Å². The number of hydrogen-bond acceptors (Lipinski definition) is 6.